The maximum absolute atomic E-state index is 13.4. The first-order valence-corrected chi connectivity index (χ1v) is 14.5. The lowest BCUT2D eigenvalue weighted by atomic mass is 10.1. The van der Waals surface area contributed by atoms with E-state index in [-0.39, 0.29) is 5.91 Å². The molecule has 1 aliphatic rings. The van der Waals surface area contributed by atoms with E-state index in [1.165, 1.54) is 17.3 Å². The molecule has 1 saturated heterocycles. The van der Waals surface area contributed by atoms with Crippen molar-refractivity contribution in [2.45, 2.75) is 26.2 Å². The van der Waals surface area contributed by atoms with Crippen molar-refractivity contribution >= 4 is 51.9 Å². The van der Waals surface area contributed by atoms with Gasteiger partial charge in [-0.25, -0.2) is 4.68 Å². The Hall–Kier alpha value is -3.39. The van der Waals surface area contributed by atoms with E-state index in [2.05, 4.69) is 19.1 Å². The summed E-state index contributed by atoms with van der Waals surface area (Å²) in [7, 11) is 0. The van der Waals surface area contributed by atoms with Crippen molar-refractivity contribution in [2.75, 3.05) is 13.2 Å². The Labute approximate surface area is 243 Å². The molecular weight excluding hydrogens is 546 g/mol. The fraction of sp³-hybridized carbons (Fsp3) is 0.194. The first kappa shape index (κ1) is 27.2. The van der Waals surface area contributed by atoms with E-state index in [0.717, 1.165) is 41.8 Å². The summed E-state index contributed by atoms with van der Waals surface area (Å²) in [5, 5.41) is 5.41. The molecule has 39 heavy (non-hydrogen) atoms. The van der Waals surface area contributed by atoms with Crippen LogP contribution in [-0.2, 0) is 11.2 Å². The molecule has 0 spiro atoms. The predicted molar refractivity (Wildman–Crippen MR) is 164 cm³/mol. The fourth-order valence-corrected chi connectivity index (χ4v) is 5.78. The number of rotatable bonds is 10. The first-order chi connectivity index (χ1) is 19.0. The van der Waals surface area contributed by atoms with Crippen molar-refractivity contribution in [3.8, 4) is 22.7 Å². The standard InChI is InChI=1S/C31H28ClN3O2S2/c1-2-3-18-37-27-15-14-23(19-26(27)32)29-24(21-35(33-29)25-12-8-5-9-13-25)20-28-30(36)34(31(38)39-28)17-16-22-10-6-4-7-11-22/h4-15,19-21H,2-3,16-18H2,1H3/b28-20-. The molecular formula is C31H28ClN3O2S2. The Morgan fingerprint density at radius 3 is 2.51 bits per heavy atom. The van der Waals surface area contributed by atoms with E-state index in [0.29, 0.717) is 33.1 Å². The Morgan fingerprint density at radius 1 is 1.05 bits per heavy atom. The number of thioether (sulfide) groups is 1. The van der Waals surface area contributed by atoms with E-state index in [1.54, 1.807) is 4.90 Å². The molecule has 8 heteroatoms. The third kappa shape index (κ3) is 6.44. The molecule has 0 atom stereocenters. The van der Waals surface area contributed by atoms with Gasteiger partial charge in [0, 0.05) is 23.9 Å². The average molecular weight is 574 g/mol. The summed E-state index contributed by atoms with van der Waals surface area (Å²) < 4.78 is 8.22. The Morgan fingerprint density at radius 2 is 1.79 bits per heavy atom. The van der Waals surface area contributed by atoms with Crippen LogP contribution in [0.4, 0.5) is 0 Å². The van der Waals surface area contributed by atoms with Crippen LogP contribution in [-0.4, -0.2) is 38.1 Å². The lowest BCUT2D eigenvalue weighted by molar-refractivity contribution is -0.122. The maximum atomic E-state index is 13.4. The summed E-state index contributed by atoms with van der Waals surface area (Å²) in [5.74, 6) is 0.564. The smallest absolute Gasteiger partial charge is 0.266 e. The molecule has 198 valence electrons. The number of hydrogen-bond acceptors (Lipinski definition) is 5. The third-order valence-electron chi connectivity index (χ3n) is 6.35. The monoisotopic (exact) mass is 573 g/mol. The molecule has 2 heterocycles. The van der Waals surface area contributed by atoms with Gasteiger partial charge in [0.1, 0.15) is 15.8 Å². The van der Waals surface area contributed by atoms with Crippen LogP contribution in [0.1, 0.15) is 30.9 Å². The number of carbonyl (C=O) groups excluding carboxylic acids is 1. The number of thiocarbonyl (C=S) groups is 1. The topological polar surface area (TPSA) is 47.4 Å². The van der Waals surface area contributed by atoms with E-state index in [4.69, 9.17) is 33.7 Å². The molecule has 4 aromatic rings. The van der Waals surface area contributed by atoms with Gasteiger partial charge < -0.3 is 4.74 Å². The van der Waals surface area contributed by atoms with Crippen molar-refractivity contribution < 1.29 is 9.53 Å². The highest BCUT2D eigenvalue weighted by atomic mass is 35.5. The number of unbranched alkanes of at least 4 members (excludes halogenated alkanes) is 1. The maximum Gasteiger partial charge on any atom is 0.266 e. The van der Waals surface area contributed by atoms with Gasteiger partial charge in [-0.3, -0.25) is 9.69 Å². The normalized spacial score (nSPS) is 14.4. The molecule has 0 N–H and O–H groups in total. The molecule has 0 bridgehead atoms. The van der Waals surface area contributed by atoms with E-state index >= 15 is 0 Å². The molecule has 0 unspecified atom stereocenters. The summed E-state index contributed by atoms with van der Waals surface area (Å²) >= 11 is 13.5. The van der Waals surface area contributed by atoms with Crippen molar-refractivity contribution in [3.05, 3.63) is 106 Å². The Bertz CT molecular complexity index is 1500. The second-order valence-corrected chi connectivity index (χ2v) is 11.2. The number of para-hydroxylation sites is 1. The average Bonchev–Trinajstić information content (AvgIpc) is 3.49. The highest BCUT2D eigenvalue weighted by Crippen LogP contribution is 2.36. The molecule has 0 saturated carbocycles. The number of benzene rings is 3. The third-order valence-corrected chi connectivity index (χ3v) is 8.02. The quantitative estimate of drug-likeness (QED) is 0.110. The van der Waals surface area contributed by atoms with Crippen LogP contribution in [0.25, 0.3) is 23.0 Å². The lowest BCUT2D eigenvalue weighted by Gasteiger charge is -2.14. The number of hydrogen-bond donors (Lipinski definition) is 0. The summed E-state index contributed by atoms with van der Waals surface area (Å²) in [4.78, 5) is 15.6. The van der Waals surface area contributed by atoms with Crippen molar-refractivity contribution in [1.82, 2.24) is 14.7 Å². The van der Waals surface area contributed by atoms with Gasteiger partial charge in [0.2, 0.25) is 0 Å². The summed E-state index contributed by atoms with van der Waals surface area (Å²) in [6, 6.07) is 25.7. The minimum absolute atomic E-state index is 0.0861. The molecule has 1 amide bonds. The number of ether oxygens (including phenoxy) is 1. The SMILES string of the molecule is CCCCOc1ccc(-c2nn(-c3ccccc3)cc2/C=C2\SC(=S)N(CCc3ccccc3)C2=O)cc1Cl. The van der Waals surface area contributed by atoms with Gasteiger partial charge in [0.05, 0.1) is 22.2 Å². The minimum Gasteiger partial charge on any atom is -0.492 e. The van der Waals surface area contributed by atoms with Crippen LogP contribution in [0, 0.1) is 0 Å². The van der Waals surface area contributed by atoms with Crippen LogP contribution in [0.3, 0.4) is 0 Å². The van der Waals surface area contributed by atoms with Crippen LogP contribution in [0.15, 0.2) is 90.0 Å². The van der Waals surface area contributed by atoms with Gasteiger partial charge in [-0.1, -0.05) is 97.5 Å². The molecule has 5 rings (SSSR count). The van der Waals surface area contributed by atoms with Crippen molar-refractivity contribution in [1.29, 1.82) is 0 Å². The second kappa shape index (κ2) is 12.6. The van der Waals surface area contributed by atoms with Gasteiger partial charge in [-0.05, 0) is 54.8 Å². The number of amides is 1. The van der Waals surface area contributed by atoms with E-state index in [1.807, 2.05) is 83.7 Å². The number of carbonyl (C=O) groups is 1. The summed E-state index contributed by atoms with van der Waals surface area (Å²) in [6.45, 7) is 3.28. The minimum atomic E-state index is -0.0861. The number of halogens is 1. The van der Waals surface area contributed by atoms with E-state index in [9.17, 15) is 4.79 Å². The number of nitrogens with zero attached hydrogens (tertiary/aromatic N) is 3. The van der Waals surface area contributed by atoms with Gasteiger partial charge in [-0.15, -0.1) is 0 Å². The molecule has 1 aromatic heterocycles. The molecule has 5 nitrogen and oxygen atoms in total. The Balaban J connectivity index is 1.45. The lowest BCUT2D eigenvalue weighted by Crippen LogP contribution is -2.30. The zero-order chi connectivity index (χ0) is 27.2. The molecule has 3 aromatic carbocycles. The van der Waals surface area contributed by atoms with Gasteiger partial charge in [0.25, 0.3) is 5.91 Å². The van der Waals surface area contributed by atoms with Crippen LogP contribution in [0.2, 0.25) is 5.02 Å². The second-order valence-electron chi connectivity index (χ2n) is 9.13. The van der Waals surface area contributed by atoms with Crippen LogP contribution >= 0.6 is 35.6 Å². The van der Waals surface area contributed by atoms with Gasteiger partial charge in [0.15, 0.2) is 0 Å². The fourth-order valence-electron chi connectivity index (χ4n) is 4.24. The predicted octanol–water partition coefficient (Wildman–Crippen LogP) is 7.82. The molecule has 1 fully saturated rings. The first-order valence-electron chi connectivity index (χ1n) is 12.9. The van der Waals surface area contributed by atoms with Crippen LogP contribution in [0.5, 0.6) is 5.75 Å². The summed E-state index contributed by atoms with van der Waals surface area (Å²) in [5.41, 5.74) is 4.44. The zero-order valence-corrected chi connectivity index (χ0v) is 23.9. The van der Waals surface area contributed by atoms with Crippen molar-refractivity contribution in [2.24, 2.45) is 0 Å². The highest BCUT2D eigenvalue weighted by Gasteiger charge is 2.32. The number of aromatic nitrogens is 2. The molecule has 1 aliphatic heterocycles. The van der Waals surface area contributed by atoms with Crippen molar-refractivity contribution in [3.63, 3.8) is 0 Å². The summed E-state index contributed by atoms with van der Waals surface area (Å²) in [6.07, 6.45) is 6.56. The van der Waals surface area contributed by atoms with E-state index < -0.39 is 0 Å². The van der Waals surface area contributed by atoms with Gasteiger partial charge in [-0.2, -0.15) is 5.10 Å². The Kier molecular flexibility index (Phi) is 8.81. The highest BCUT2D eigenvalue weighted by molar-refractivity contribution is 8.26. The largest absolute Gasteiger partial charge is 0.492 e. The zero-order valence-electron chi connectivity index (χ0n) is 21.5. The molecule has 0 radical (unpaired) electrons. The van der Waals surface area contributed by atoms with Gasteiger partial charge >= 0.3 is 0 Å². The van der Waals surface area contributed by atoms with Crippen LogP contribution < -0.4 is 4.74 Å². The molecule has 0 aliphatic carbocycles.